The maximum absolute atomic E-state index is 13.2. The van der Waals surface area contributed by atoms with Crippen molar-refractivity contribution < 1.29 is 18.7 Å². The zero-order valence-corrected chi connectivity index (χ0v) is 15.6. The van der Waals surface area contributed by atoms with Gasteiger partial charge < -0.3 is 20.1 Å². The topological polar surface area (TPSA) is 72.5 Å². The van der Waals surface area contributed by atoms with Gasteiger partial charge in [-0.05, 0) is 30.3 Å². The van der Waals surface area contributed by atoms with Crippen molar-refractivity contribution in [3.05, 3.63) is 59.4 Å². The molecule has 6 nitrogen and oxygen atoms in total. The van der Waals surface area contributed by atoms with Crippen LogP contribution in [0.15, 0.2) is 47.8 Å². The summed E-state index contributed by atoms with van der Waals surface area (Å²) in [6, 6.07) is 11.1. The van der Waals surface area contributed by atoms with Gasteiger partial charge in [-0.25, -0.2) is 9.37 Å². The lowest BCUT2D eigenvalue weighted by Crippen LogP contribution is -2.14. The zero-order valence-electron chi connectivity index (χ0n) is 14.8. The molecule has 1 heterocycles. The van der Waals surface area contributed by atoms with Crippen LogP contribution in [0.5, 0.6) is 11.5 Å². The molecule has 3 rings (SSSR count). The molecule has 0 aliphatic carbocycles. The summed E-state index contributed by atoms with van der Waals surface area (Å²) in [4.78, 5) is 16.5. The minimum atomic E-state index is -0.403. The monoisotopic (exact) mass is 387 g/mol. The second kappa shape index (κ2) is 8.50. The number of carbonyl (C=O) groups excluding carboxylic acids is 1. The molecule has 0 spiro atoms. The van der Waals surface area contributed by atoms with Crippen LogP contribution in [0.25, 0.3) is 0 Å². The summed E-state index contributed by atoms with van der Waals surface area (Å²) in [5.74, 6) is 0.664. The Bertz CT molecular complexity index is 945. The number of aromatic nitrogens is 1. The van der Waals surface area contributed by atoms with Crippen molar-refractivity contribution in [2.45, 2.75) is 6.42 Å². The van der Waals surface area contributed by atoms with Crippen molar-refractivity contribution in [1.82, 2.24) is 4.98 Å². The van der Waals surface area contributed by atoms with E-state index in [-0.39, 0.29) is 12.3 Å². The van der Waals surface area contributed by atoms with E-state index in [0.717, 1.165) is 0 Å². The highest BCUT2D eigenvalue weighted by Crippen LogP contribution is 2.32. The fourth-order valence-corrected chi connectivity index (χ4v) is 3.13. The molecule has 140 valence electrons. The number of methoxy groups -OCH3 is 2. The van der Waals surface area contributed by atoms with Crippen molar-refractivity contribution in [2.75, 3.05) is 24.9 Å². The Kier molecular flexibility index (Phi) is 5.87. The van der Waals surface area contributed by atoms with E-state index >= 15 is 0 Å². The molecule has 2 aromatic carbocycles. The van der Waals surface area contributed by atoms with Gasteiger partial charge in [0.1, 0.15) is 17.3 Å². The highest BCUT2D eigenvalue weighted by Gasteiger charge is 2.11. The fraction of sp³-hybridized carbons (Fsp3) is 0.158. The van der Waals surface area contributed by atoms with Crippen LogP contribution in [0.1, 0.15) is 5.69 Å². The summed E-state index contributed by atoms with van der Waals surface area (Å²) in [5.41, 5.74) is 1.73. The van der Waals surface area contributed by atoms with Gasteiger partial charge in [-0.2, -0.15) is 0 Å². The second-order valence-electron chi connectivity index (χ2n) is 5.57. The third-order valence-corrected chi connectivity index (χ3v) is 4.46. The molecule has 0 saturated carbocycles. The zero-order chi connectivity index (χ0) is 19.2. The predicted octanol–water partition coefficient (Wildman–Crippen LogP) is 4.22. The Morgan fingerprint density at radius 3 is 2.78 bits per heavy atom. The number of amides is 1. The summed E-state index contributed by atoms with van der Waals surface area (Å²) in [7, 11) is 3.17. The number of anilines is 3. The Balaban J connectivity index is 1.65. The average Bonchev–Trinajstić information content (AvgIpc) is 3.08. The van der Waals surface area contributed by atoms with Gasteiger partial charge in [0.05, 0.1) is 32.0 Å². The summed E-state index contributed by atoms with van der Waals surface area (Å²) < 4.78 is 23.7. The Hall–Kier alpha value is -3.13. The molecule has 0 bridgehead atoms. The van der Waals surface area contributed by atoms with Gasteiger partial charge in [0.15, 0.2) is 5.13 Å². The molecular formula is C19H18FN3O3S. The Morgan fingerprint density at radius 1 is 1.19 bits per heavy atom. The summed E-state index contributed by atoms with van der Waals surface area (Å²) in [5, 5.41) is 8.23. The minimum Gasteiger partial charge on any atom is -0.497 e. The van der Waals surface area contributed by atoms with Crippen LogP contribution in [-0.4, -0.2) is 25.1 Å². The lowest BCUT2D eigenvalue weighted by atomic mass is 10.2. The number of carbonyl (C=O) groups is 1. The number of hydrogen-bond donors (Lipinski definition) is 2. The number of hydrogen-bond acceptors (Lipinski definition) is 6. The van der Waals surface area contributed by atoms with Crippen molar-refractivity contribution >= 4 is 33.8 Å². The van der Waals surface area contributed by atoms with E-state index in [0.29, 0.717) is 33.7 Å². The number of benzene rings is 2. The molecule has 0 saturated heterocycles. The first kappa shape index (κ1) is 18.7. The van der Waals surface area contributed by atoms with Crippen LogP contribution < -0.4 is 20.1 Å². The molecule has 0 atom stereocenters. The van der Waals surface area contributed by atoms with Crippen molar-refractivity contribution in [3.8, 4) is 11.5 Å². The largest absolute Gasteiger partial charge is 0.497 e. The first-order valence-corrected chi connectivity index (χ1v) is 8.94. The Labute approximate surface area is 160 Å². The van der Waals surface area contributed by atoms with Crippen molar-refractivity contribution in [2.24, 2.45) is 0 Å². The van der Waals surface area contributed by atoms with E-state index in [1.54, 1.807) is 43.9 Å². The molecular weight excluding hydrogens is 369 g/mol. The molecule has 0 unspecified atom stereocenters. The molecule has 1 amide bonds. The van der Waals surface area contributed by atoms with Gasteiger partial charge in [0.2, 0.25) is 5.91 Å². The van der Waals surface area contributed by atoms with Gasteiger partial charge in [0, 0.05) is 17.1 Å². The average molecular weight is 387 g/mol. The number of nitrogens with zero attached hydrogens (tertiary/aromatic N) is 1. The standard InChI is InChI=1S/C19H18FN3O3S/c1-25-15-6-7-17(26-2)16(10-15)23-19-22-14(11-27-19)9-18(24)21-13-5-3-4-12(20)8-13/h3-8,10-11H,9H2,1-2H3,(H,21,24)(H,22,23). The number of thiazole rings is 1. The first-order valence-electron chi connectivity index (χ1n) is 8.06. The van der Waals surface area contributed by atoms with Crippen LogP contribution in [0.3, 0.4) is 0 Å². The van der Waals surface area contributed by atoms with Gasteiger partial charge in [-0.1, -0.05) is 6.07 Å². The number of ether oxygens (including phenoxy) is 2. The highest BCUT2D eigenvalue weighted by atomic mass is 32.1. The quantitative estimate of drug-likeness (QED) is 0.635. The predicted molar refractivity (Wildman–Crippen MR) is 104 cm³/mol. The SMILES string of the molecule is COc1ccc(OC)c(Nc2nc(CC(=O)Nc3cccc(F)c3)cs2)c1. The third-order valence-electron chi connectivity index (χ3n) is 3.65. The van der Waals surface area contributed by atoms with E-state index in [9.17, 15) is 9.18 Å². The highest BCUT2D eigenvalue weighted by molar-refractivity contribution is 7.13. The second-order valence-corrected chi connectivity index (χ2v) is 6.43. The minimum absolute atomic E-state index is 0.0872. The van der Waals surface area contributed by atoms with Crippen LogP contribution in [0, 0.1) is 5.82 Å². The van der Waals surface area contributed by atoms with Crippen molar-refractivity contribution in [1.29, 1.82) is 0 Å². The molecule has 3 aromatic rings. The van der Waals surface area contributed by atoms with Crippen LogP contribution >= 0.6 is 11.3 Å². The van der Waals surface area contributed by atoms with Crippen LogP contribution in [0.4, 0.5) is 20.9 Å². The molecule has 0 fully saturated rings. The lowest BCUT2D eigenvalue weighted by molar-refractivity contribution is -0.115. The molecule has 1 aromatic heterocycles. The van der Waals surface area contributed by atoms with E-state index in [4.69, 9.17) is 9.47 Å². The Morgan fingerprint density at radius 2 is 2.04 bits per heavy atom. The summed E-state index contributed by atoms with van der Waals surface area (Å²) >= 11 is 1.37. The lowest BCUT2D eigenvalue weighted by Gasteiger charge is -2.10. The fourth-order valence-electron chi connectivity index (χ4n) is 2.41. The third kappa shape index (κ3) is 4.95. The molecule has 0 aliphatic rings. The number of nitrogens with one attached hydrogen (secondary N) is 2. The normalized spacial score (nSPS) is 10.3. The van der Waals surface area contributed by atoms with Crippen LogP contribution in [-0.2, 0) is 11.2 Å². The molecule has 2 N–H and O–H groups in total. The van der Waals surface area contributed by atoms with Crippen LogP contribution in [0.2, 0.25) is 0 Å². The van der Waals surface area contributed by atoms with E-state index in [2.05, 4.69) is 15.6 Å². The maximum atomic E-state index is 13.2. The number of halogens is 1. The number of rotatable bonds is 7. The van der Waals surface area contributed by atoms with E-state index in [1.807, 2.05) is 0 Å². The molecule has 0 radical (unpaired) electrons. The summed E-state index contributed by atoms with van der Waals surface area (Å²) in [6.45, 7) is 0. The molecule has 0 aliphatic heterocycles. The first-order chi connectivity index (χ1) is 13.1. The van der Waals surface area contributed by atoms with Crippen molar-refractivity contribution in [3.63, 3.8) is 0 Å². The van der Waals surface area contributed by atoms with Gasteiger partial charge >= 0.3 is 0 Å². The maximum Gasteiger partial charge on any atom is 0.230 e. The van der Waals surface area contributed by atoms with E-state index in [1.165, 1.54) is 29.5 Å². The summed E-state index contributed by atoms with van der Waals surface area (Å²) in [6.07, 6.45) is 0.0872. The van der Waals surface area contributed by atoms with E-state index < -0.39 is 5.82 Å². The smallest absolute Gasteiger partial charge is 0.230 e. The molecule has 27 heavy (non-hydrogen) atoms. The molecule has 8 heteroatoms. The van der Waals surface area contributed by atoms with Gasteiger partial charge in [0.25, 0.3) is 0 Å². The van der Waals surface area contributed by atoms with Gasteiger partial charge in [-0.3, -0.25) is 4.79 Å². The van der Waals surface area contributed by atoms with Gasteiger partial charge in [-0.15, -0.1) is 11.3 Å².